The summed E-state index contributed by atoms with van der Waals surface area (Å²) in [6.07, 6.45) is 2.31. The number of hydrogen-bond donors (Lipinski definition) is 0. The second-order valence-corrected chi connectivity index (χ2v) is 8.49. The van der Waals surface area contributed by atoms with Gasteiger partial charge in [0, 0.05) is 25.2 Å². The molecule has 1 saturated heterocycles. The van der Waals surface area contributed by atoms with Crippen LogP contribution >= 0.6 is 12.4 Å². The molecule has 0 aromatic heterocycles. The standard InChI is InChI=1S/C28H32N2O.ClH/c1-2-30(22-24-17-19-29(20-18-24)21-23-9-5-3-6-10-23)28(31)27-15-13-26(14-16-27)25-11-7-4-8-12-25;/h3-16,24H,2,17-22H2,1H3;1H. The van der Waals surface area contributed by atoms with Crippen molar-refractivity contribution in [3.05, 3.63) is 96.1 Å². The fourth-order valence-electron chi connectivity index (χ4n) is 4.45. The van der Waals surface area contributed by atoms with Crippen LogP contribution in [0.4, 0.5) is 0 Å². The first-order chi connectivity index (χ1) is 15.2. The average Bonchev–Trinajstić information content (AvgIpc) is 2.84. The second kappa shape index (κ2) is 11.8. The lowest BCUT2D eigenvalue weighted by atomic mass is 9.95. The molecule has 4 rings (SSSR count). The number of amides is 1. The largest absolute Gasteiger partial charge is 0.339 e. The van der Waals surface area contributed by atoms with Crippen LogP contribution in [-0.4, -0.2) is 41.9 Å². The lowest BCUT2D eigenvalue weighted by Gasteiger charge is -2.34. The Hall–Kier alpha value is -2.62. The molecule has 0 N–H and O–H groups in total. The van der Waals surface area contributed by atoms with Crippen LogP contribution in [0, 0.1) is 5.92 Å². The van der Waals surface area contributed by atoms with E-state index in [1.54, 1.807) is 0 Å². The van der Waals surface area contributed by atoms with Gasteiger partial charge in [-0.25, -0.2) is 0 Å². The monoisotopic (exact) mass is 448 g/mol. The molecule has 1 aliphatic heterocycles. The summed E-state index contributed by atoms with van der Waals surface area (Å²) in [5.74, 6) is 0.730. The summed E-state index contributed by atoms with van der Waals surface area (Å²) in [6, 6.07) is 29.0. The van der Waals surface area contributed by atoms with Gasteiger partial charge in [0.2, 0.25) is 0 Å². The van der Waals surface area contributed by atoms with Crippen molar-refractivity contribution in [2.75, 3.05) is 26.2 Å². The van der Waals surface area contributed by atoms with E-state index in [4.69, 9.17) is 0 Å². The molecular formula is C28H33ClN2O. The van der Waals surface area contributed by atoms with Gasteiger partial charge in [-0.05, 0) is 67.6 Å². The van der Waals surface area contributed by atoms with E-state index in [0.29, 0.717) is 5.92 Å². The van der Waals surface area contributed by atoms with Crippen molar-refractivity contribution in [2.24, 2.45) is 5.92 Å². The third-order valence-corrected chi connectivity index (χ3v) is 6.34. The van der Waals surface area contributed by atoms with Crippen LogP contribution in [0.3, 0.4) is 0 Å². The van der Waals surface area contributed by atoms with Gasteiger partial charge < -0.3 is 4.90 Å². The molecule has 1 aliphatic rings. The highest BCUT2D eigenvalue weighted by atomic mass is 35.5. The van der Waals surface area contributed by atoms with E-state index in [2.05, 4.69) is 66.4 Å². The SMILES string of the molecule is CCN(CC1CCN(Cc2ccccc2)CC1)C(=O)c1ccc(-c2ccccc2)cc1.Cl. The van der Waals surface area contributed by atoms with E-state index in [9.17, 15) is 4.79 Å². The van der Waals surface area contributed by atoms with Gasteiger partial charge in [-0.1, -0.05) is 72.8 Å². The van der Waals surface area contributed by atoms with E-state index < -0.39 is 0 Å². The molecule has 0 bridgehead atoms. The van der Waals surface area contributed by atoms with Gasteiger partial charge in [-0.3, -0.25) is 9.69 Å². The molecule has 0 spiro atoms. The predicted molar refractivity (Wildman–Crippen MR) is 135 cm³/mol. The van der Waals surface area contributed by atoms with Gasteiger partial charge in [-0.15, -0.1) is 12.4 Å². The number of benzene rings is 3. The first kappa shape index (κ1) is 24.0. The van der Waals surface area contributed by atoms with Crippen LogP contribution < -0.4 is 0 Å². The summed E-state index contributed by atoms with van der Waals surface area (Å²) in [6.45, 7) is 6.94. The van der Waals surface area contributed by atoms with Crippen LogP contribution in [0.1, 0.15) is 35.7 Å². The molecular weight excluding hydrogens is 416 g/mol. The minimum atomic E-state index is 0. The molecule has 1 amide bonds. The van der Waals surface area contributed by atoms with Crippen molar-refractivity contribution >= 4 is 18.3 Å². The normalized spacial score (nSPS) is 14.5. The Kier molecular flexibility index (Phi) is 8.90. The number of nitrogens with zero attached hydrogens (tertiary/aromatic N) is 2. The van der Waals surface area contributed by atoms with Crippen molar-refractivity contribution in [3.63, 3.8) is 0 Å². The Bertz CT molecular complexity index is 952. The summed E-state index contributed by atoms with van der Waals surface area (Å²) < 4.78 is 0. The predicted octanol–water partition coefficient (Wildman–Crippen LogP) is 6.15. The van der Waals surface area contributed by atoms with E-state index in [1.165, 1.54) is 11.1 Å². The molecule has 0 saturated carbocycles. The van der Waals surface area contributed by atoms with Crippen LogP contribution in [0.5, 0.6) is 0 Å². The zero-order chi connectivity index (χ0) is 21.5. The number of piperidine rings is 1. The second-order valence-electron chi connectivity index (χ2n) is 8.49. The van der Waals surface area contributed by atoms with E-state index in [0.717, 1.165) is 56.7 Å². The maximum atomic E-state index is 13.1. The van der Waals surface area contributed by atoms with Gasteiger partial charge in [0.15, 0.2) is 0 Å². The van der Waals surface area contributed by atoms with Crippen molar-refractivity contribution < 1.29 is 4.79 Å². The Labute approximate surface area is 198 Å². The number of carbonyl (C=O) groups excluding carboxylic acids is 1. The van der Waals surface area contributed by atoms with E-state index in [1.807, 2.05) is 35.2 Å². The quantitative estimate of drug-likeness (QED) is 0.432. The molecule has 3 nitrogen and oxygen atoms in total. The molecule has 3 aromatic rings. The summed E-state index contributed by atoms with van der Waals surface area (Å²) in [5.41, 5.74) is 4.48. The van der Waals surface area contributed by atoms with Crippen LogP contribution in [0.15, 0.2) is 84.9 Å². The fraction of sp³-hybridized carbons (Fsp3) is 0.321. The molecule has 32 heavy (non-hydrogen) atoms. The highest BCUT2D eigenvalue weighted by Gasteiger charge is 2.23. The van der Waals surface area contributed by atoms with Crippen molar-refractivity contribution in [3.8, 4) is 11.1 Å². The zero-order valence-corrected chi connectivity index (χ0v) is 19.6. The summed E-state index contributed by atoms with van der Waals surface area (Å²) >= 11 is 0. The first-order valence-corrected chi connectivity index (χ1v) is 11.4. The summed E-state index contributed by atoms with van der Waals surface area (Å²) in [4.78, 5) is 17.7. The van der Waals surface area contributed by atoms with Gasteiger partial charge in [-0.2, -0.15) is 0 Å². The number of rotatable bonds is 7. The topological polar surface area (TPSA) is 23.6 Å². The lowest BCUT2D eigenvalue weighted by Crippen LogP contribution is -2.40. The lowest BCUT2D eigenvalue weighted by molar-refractivity contribution is 0.0698. The number of likely N-dealkylation sites (tertiary alicyclic amines) is 1. The molecule has 0 radical (unpaired) electrons. The Morgan fingerprint density at radius 2 is 1.41 bits per heavy atom. The fourth-order valence-corrected chi connectivity index (χ4v) is 4.45. The molecule has 0 unspecified atom stereocenters. The third kappa shape index (κ3) is 6.21. The summed E-state index contributed by atoms with van der Waals surface area (Å²) in [5, 5.41) is 0. The maximum absolute atomic E-state index is 13.1. The smallest absolute Gasteiger partial charge is 0.253 e. The van der Waals surface area contributed by atoms with Gasteiger partial charge in [0.25, 0.3) is 5.91 Å². The van der Waals surface area contributed by atoms with Crippen LogP contribution in [0.2, 0.25) is 0 Å². The molecule has 1 heterocycles. The Balaban J connectivity index is 0.00000289. The Morgan fingerprint density at radius 3 is 2.00 bits per heavy atom. The minimum absolute atomic E-state index is 0. The zero-order valence-electron chi connectivity index (χ0n) is 18.8. The number of halogens is 1. The highest BCUT2D eigenvalue weighted by Crippen LogP contribution is 2.23. The number of hydrogen-bond acceptors (Lipinski definition) is 2. The molecule has 3 aromatic carbocycles. The molecule has 4 heteroatoms. The Morgan fingerprint density at radius 1 is 0.844 bits per heavy atom. The highest BCUT2D eigenvalue weighted by molar-refractivity contribution is 5.94. The first-order valence-electron chi connectivity index (χ1n) is 11.4. The molecule has 1 fully saturated rings. The van der Waals surface area contributed by atoms with Crippen molar-refractivity contribution in [2.45, 2.75) is 26.3 Å². The molecule has 0 atom stereocenters. The average molecular weight is 449 g/mol. The van der Waals surface area contributed by atoms with E-state index >= 15 is 0 Å². The van der Waals surface area contributed by atoms with Gasteiger partial charge in [0.1, 0.15) is 0 Å². The van der Waals surface area contributed by atoms with Gasteiger partial charge in [0.05, 0.1) is 0 Å². The summed E-state index contributed by atoms with van der Waals surface area (Å²) in [7, 11) is 0. The maximum Gasteiger partial charge on any atom is 0.253 e. The van der Waals surface area contributed by atoms with E-state index in [-0.39, 0.29) is 18.3 Å². The minimum Gasteiger partial charge on any atom is -0.339 e. The van der Waals surface area contributed by atoms with Gasteiger partial charge >= 0.3 is 0 Å². The molecule has 168 valence electrons. The van der Waals surface area contributed by atoms with Crippen molar-refractivity contribution in [1.82, 2.24) is 9.80 Å². The molecule has 0 aliphatic carbocycles. The van der Waals surface area contributed by atoms with Crippen LogP contribution in [-0.2, 0) is 6.54 Å². The van der Waals surface area contributed by atoms with Crippen LogP contribution in [0.25, 0.3) is 11.1 Å². The number of carbonyl (C=O) groups is 1. The van der Waals surface area contributed by atoms with Crippen molar-refractivity contribution in [1.29, 1.82) is 0 Å². The third-order valence-electron chi connectivity index (χ3n) is 6.34.